The summed E-state index contributed by atoms with van der Waals surface area (Å²) >= 11 is 3.20. The molecule has 0 unspecified atom stereocenters. The Morgan fingerprint density at radius 3 is 2.48 bits per heavy atom. The van der Waals surface area contributed by atoms with Crippen LogP contribution in [0.4, 0.5) is 4.39 Å². The smallest absolute Gasteiger partial charge is 0.304 e. The summed E-state index contributed by atoms with van der Waals surface area (Å²) in [4.78, 5) is 26.5. The Kier molecular flexibility index (Phi) is 5.30. The summed E-state index contributed by atoms with van der Waals surface area (Å²) in [5.41, 5.74) is 0.0523. The van der Waals surface area contributed by atoms with E-state index in [-0.39, 0.29) is 17.9 Å². The summed E-state index contributed by atoms with van der Waals surface area (Å²) in [5.74, 6) is -1.70. The molecule has 1 amide bonds. The maximum absolute atomic E-state index is 13.8. The van der Waals surface area contributed by atoms with Crippen molar-refractivity contribution in [1.82, 2.24) is 9.80 Å². The van der Waals surface area contributed by atoms with Gasteiger partial charge in [-0.1, -0.05) is 6.07 Å². The second-order valence-electron chi connectivity index (χ2n) is 4.87. The molecule has 0 spiro atoms. The summed E-state index contributed by atoms with van der Waals surface area (Å²) in [6, 6.07) is 4.45. The third kappa shape index (κ3) is 4.01. The third-order valence-corrected chi connectivity index (χ3v) is 4.14. The van der Waals surface area contributed by atoms with Crippen molar-refractivity contribution in [2.45, 2.75) is 6.42 Å². The quantitative estimate of drug-likeness (QED) is 0.891. The van der Waals surface area contributed by atoms with Crippen LogP contribution in [0.5, 0.6) is 0 Å². The lowest BCUT2D eigenvalue weighted by Gasteiger charge is -2.34. The van der Waals surface area contributed by atoms with E-state index < -0.39 is 11.8 Å². The first kappa shape index (κ1) is 15.9. The van der Waals surface area contributed by atoms with Gasteiger partial charge in [0.25, 0.3) is 5.91 Å². The minimum absolute atomic E-state index is 0.0523. The fourth-order valence-electron chi connectivity index (χ4n) is 2.29. The Labute approximate surface area is 130 Å². The first-order valence-corrected chi connectivity index (χ1v) is 7.46. The van der Waals surface area contributed by atoms with Gasteiger partial charge in [-0.25, -0.2) is 4.39 Å². The number of piperazine rings is 1. The van der Waals surface area contributed by atoms with Crippen LogP contribution in [0, 0.1) is 5.82 Å². The van der Waals surface area contributed by atoms with E-state index in [2.05, 4.69) is 15.9 Å². The fraction of sp³-hybridized carbons (Fsp3) is 0.429. The number of rotatable bonds is 4. The molecule has 2 rings (SSSR count). The number of carboxylic acids is 1. The van der Waals surface area contributed by atoms with Crippen LogP contribution in [0.1, 0.15) is 16.8 Å². The van der Waals surface area contributed by atoms with E-state index in [4.69, 9.17) is 5.11 Å². The van der Waals surface area contributed by atoms with Gasteiger partial charge >= 0.3 is 5.97 Å². The molecular formula is C14H16BrFN2O3. The van der Waals surface area contributed by atoms with Crippen molar-refractivity contribution in [2.24, 2.45) is 0 Å². The highest BCUT2D eigenvalue weighted by Crippen LogP contribution is 2.22. The van der Waals surface area contributed by atoms with Gasteiger partial charge < -0.3 is 10.0 Å². The van der Waals surface area contributed by atoms with E-state index in [0.717, 1.165) is 0 Å². The van der Waals surface area contributed by atoms with Crippen LogP contribution in [0.3, 0.4) is 0 Å². The highest BCUT2D eigenvalue weighted by molar-refractivity contribution is 9.10. The minimum atomic E-state index is -0.830. The van der Waals surface area contributed by atoms with Crippen molar-refractivity contribution in [2.75, 3.05) is 32.7 Å². The molecular weight excluding hydrogens is 343 g/mol. The van der Waals surface area contributed by atoms with Crippen LogP contribution in [-0.4, -0.2) is 59.5 Å². The van der Waals surface area contributed by atoms with E-state index in [0.29, 0.717) is 37.2 Å². The van der Waals surface area contributed by atoms with Gasteiger partial charge in [0.05, 0.1) is 12.0 Å². The van der Waals surface area contributed by atoms with Crippen LogP contribution >= 0.6 is 15.9 Å². The largest absolute Gasteiger partial charge is 0.481 e. The zero-order chi connectivity index (χ0) is 15.4. The Balaban J connectivity index is 1.96. The molecule has 5 nitrogen and oxygen atoms in total. The summed E-state index contributed by atoms with van der Waals surface area (Å²) < 4.78 is 14.2. The lowest BCUT2D eigenvalue weighted by atomic mass is 10.1. The van der Waals surface area contributed by atoms with Crippen molar-refractivity contribution in [3.05, 3.63) is 34.1 Å². The molecule has 21 heavy (non-hydrogen) atoms. The van der Waals surface area contributed by atoms with Crippen molar-refractivity contribution in [1.29, 1.82) is 0 Å². The van der Waals surface area contributed by atoms with Gasteiger partial charge in [0.15, 0.2) is 0 Å². The molecule has 0 aliphatic carbocycles. The topological polar surface area (TPSA) is 60.9 Å². The summed E-state index contributed by atoms with van der Waals surface area (Å²) in [5, 5.41) is 8.66. The van der Waals surface area contributed by atoms with Gasteiger partial charge in [-0.05, 0) is 28.1 Å². The number of hydrogen-bond acceptors (Lipinski definition) is 3. The highest BCUT2D eigenvalue weighted by atomic mass is 79.9. The molecule has 0 atom stereocenters. The number of benzene rings is 1. The molecule has 1 fully saturated rings. The average Bonchev–Trinajstić information content (AvgIpc) is 2.45. The van der Waals surface area contributed by atoms with Gasteiger partial charge in [-0.2, -0.15) is 0 Å². The van der Waals surface area contributed by atoms with Gasteiger partial charge in [0.2, 0.25) is 0 Å². The number of hydrogen-bond donors (Lipinski definition) is 1. The molecule has 1 aromatic carbocycles. The lowest BCUT2D eigenvalue weighted by Crippen LogP contribution is -2.49. The van der Waals surface area contributed by atoms with E-state index in [1.807, 2.05) is 4.90 Å². The molecule has 7 heteroatoms. The lowest BCUT2D eigenvalue weighted by molar-refractivity contribution is -0.137. The Bertz CT molecular complexity index is 525. The van der Waals surface area contributed by atoms with E-state index >= 15 is 0 Å². The second-order valence-corrected chi connectivity index (χ2v) is 5.73. The molecule has 1 aliphatic rings. The first-order chi connectivity index (χ1) is 9.99. The average molecular weight is 359 g/mol. The van der Waals surface area contributed by atoms with Crippen molar-refractivity contribution < 1.29 is 19.1 Å². The molecule has 0 radical (unpaired) electrons. The van der Waals surface area contributed by atoms with Crippen molar-refractivity contribution in [3.63, 3.8) is 0 Å². The van der Waals surface area contributed by atoms with Crippen molar-refractivity contribution >= 4 is 27.8 Å². The fourth-order valence-corrected chi connectivity index (χ4v) is 2.80. The van der Waals surface area contributed by atoms with E-state index in [1.54, 1.807) is 17.0 Å². The van der Waals surface area contributed by atoms with Gasteiger partial charge in [0, 0.05) is 37.2 Å². The number of carbonyl (C=O) groups excluding carboxylic acids is 1. The molecule has 0 bridgehead atoms. The Morgan fingerprint density at radius 1 is 1.24 bits per heavy atom. The monoisotopic (exact) mass is 358 g/mol. The number of halogens is 2. The molecule has 114 valence electrons. The Morgan fingerprint density at radius 2 is 1.90 bits per heavy atom. The molecule has 1 aromatic rings. The van der Waals surface area contributed by atoms with Crippen LogP contribution in [0.2, 0.25) is 0 Å². The van der Waals surface area contributed by atoms with E-state index in [9.17, 15) is 14.0 Å². The summed E-state index contributed by atoms with van der Waals surface area (Å²) in [6.07, 6.45) is 0.0901. The maximum Gasteiger partial charge on any atom is 0.304 e. The zero-order valence-electron chi connectivity index (χ0n) is 11.4. The molecule has 1 N–H and O–H groups in total. The second kappa shape index (κ2) is 7.00. The third-order valence-electron chi connectivity index (χ3n) is 3.48. The molecule has 1 heterocycles. The molecule has 1 aliphatic heterocycles. The molecule has 0 aromatic heterocycles. The standard InChI is InChI=1S/C14H16BrFN2O3/c15-10-2-1-3-11(16)13(10)14(21)18-8-6-17(7-9-18)5-4-12(19)20/h1-3H,4-9H2,(H,19,20). The minimum Gasteiger partial charge on any atom is -0.481 e. The van der Waals surface area contributed by atoms with E-state index in [1.165, 1.54) is 6.07 Å². The van der Waals surface area contributed by atoms with Crippen LogP contribution in [0.25, 0.3) is 0 Å². The predicted molar refractivity (Wildman–Crippen MR) is 78.7 cm³/mol. The SMILES string of the molecule is O=C(O)CCN1CCN(C(=O)c2c(F)cccc2Br)CC1. The first-order valence-electron chi connectivity index (χ1n) is 6.66. The van der Waals surface area contributed by atoms with Gasteiger partial charge in [-0.15, -0.1) is 0 Å². The van der Waals surface area contributed by atoms with Crippen molar-refractivity contribution in [3.8, 4) is 0 Å². The number of amides is 1. The number of nitrogens with zero attached hydrogens (tertiary/aromatic N) is 2. The predicted octanol–water partition coefficient (Wildman–Crippen LogP) is 1.82. The summed E-state index contributed by atoms with van der Waals surface area (Å²) in [7, 11) is 0. The maximum atomic E-state index is 13.8. The molecule has 1 saturated heterocycles. The van der Waals surface area contributed by atoms with Crippen LogP contribution < -0.4 is 0 Å². The normalized spacial score (nSPS) is 16.0. The van der Waals surface area contributed by atoms with Gasteiger partial charge in [0.1, 0.15) is 5.82 Å². The van der Waals surface area contributed by atoms with Gasteiger partial charge in [-0.3, -0.25) is 14.5 Å². The van der Waals surface area contributed by atoms with Crippen LogP contribution in [0.15, 0.2) is 22.7 Å². The summed E-state index contributed by atoms with van der Waals surface area (Å²) in [6.45, 7) is 2.62. The van der Waals surface area contributed by atoms with Crippen LogP contribution in [-0.2, 0) is 4.79 Å². The zero-order valence-corrected chi connectivity index (χ0v) is 13.0. The number of carboxylic acid groups (broad SMARTS) is 1. The Hall–Kier alpha value is -1.47. The molecule has 0 saturated carbocycles. The number of carbonyl (C=O) groups is 2. The number of aliphatic carboxylic acids is 1. The highest BCUT2D eigenvalue weighted by Gasteiger charge is 2.25.